The summed E-state index contributed by atoms with van der Waals surface area (Å²) in [5.41, 5.74) is 0.110. The summed E-state index contributed by atoms with van der Waals surface area (Å²) in [7, 11) is -3.78. The van der Waals surface area contributed by atoms with E-state index in [1.54, 1.807) is 6.92 Å². The van der Waals surface area contributed by atoms with E-state index in [0.29, 0.717) is 13.1 Å². The molecule has 31 heavy (non-hydrogen) atoms. The Morgan fingerprint density at radius 1 is 1.26 bits per heavy atom. The zero-order chi connectivity index (χ0) is 22.6. The second kappa shape index (κ2) is 10.0. The summed E-state index contributed by atoms with van der Waals surface area (Å²) < 4.78 is 55.8. The Kier molecular flexibility index (Phi) is 7.64. The molecule has 0 spiro atoms. The smallest absolute Gasteiger partial charge is 0.302 e. The van der Waals surface area contributed by atoms with Crippen molar-refractivity contribution in [3.05, 3.63) is 41.5 Å². The van der Waals surface area contributed by atoms with Gasteiger partial charge in [0.2, 0.25) is 0 Å². The molecule has 2 atom stereocenters. The van der Waals surface area contributed by atoms with Crippen LogP contribution >= 0.6 is 11.8 Å². The van der Waals surface area contributed by atoms with Gasteiger partial charge in [-0.05, 0) is 19.4 Å². The van der Waals surface area contributed by atoms with Gasteiger partial charge in [-0.25, -0.2) is 18.7 Å². The van der Waals surface area contributed by atoms with Crippen molar-refractivity contribution >= 4 is 33.6 Å². The Morgan fingerprint density at radius 2 is 1.97 bits per heavy atom. The highest BCUT2D eigenvalue weighted by molar-refractivity contribution is 7.98. The number of aromatic nitrogens is 2. The molecule has 0 radical (unpaired) electrons. The van der Waals surface area contributed by atoms with Crippen LogP contribution in [0.3, 0.4) is 0 Å². The van der Waals surface area contributed by atoms with Crippen LogP contribution in [-0.4, -0.2) is 64.7 Å². The van der Waals surface area contributed by atoms with E-state index in [1.165, 1.54) is 22.5 Å². The molecular weight excluding hydrogens is 452 g/mol. The molecule has 0 saturated carbocycles. The number of hydrogen-bond donors (Lipinski definition) is 4. The topological polar surface area (TPSA) is 128 Å². The minimum Gasteiger partial charge on any atom is -0.394 e. The van der Waals surface area contributed by atoms with E-state index < -0.39 is 40.6 Å². The van der Waals surface area contributed by atoms with Crippen molar-refractivity contribution in [3.63, 3.8) is 0 Å². The Balaban J connectivity index is 1.83. The van der Waals surface area contributed by atoms with Gasteiger partial charge in [0.15, 0.2) is 16.8 Å². The Morgan fingerprint density at radius 3 is 2.61 bits per heavy atom. The number of rotatable bonds is 10. The monoisotopic (exact) mass is 475 g/mol. The van der Waals surface area contributed by atoms with E-state index in [2.05, 4.69) is 20.0 Å². The maximum Gasteiger partial charge on any atom is 0.302 e. The third kappa shape index (κ3) is 6.01. The number of thioether (sulfide) groups is 1. The molecule has 13 heteroatoms. The number of anilines is 2. The van der Waals surface area contributed by atoms with Gasteiger partial charge in [0.1, 0.15) is 11.6 Å². The van der Waals surface area contributed by atoms with Crippen molar-refractivity contribution in [2.45, 2.75) is 36.4 Å². The molecular formula is C18H23F2N5O4S2. The second-order valence-electron chi connectivity index (χ2n) is 6.97. The molecule has 1 aliphatic rings. The predicted octanol–water partition coefficient (Wildman–Crippen LogP) is 1.56. The summed E-state index contributed by atoms with van der Waals surface area (Å²) in [5, 5.41) is 21.9. The summed E-state index contributed by atoms with van der Waals surface area (Å²) in [5.74, 6) is -1.75. The number of aliphatic hydroxyl groups excluding tert-OH is 2. The van der Waals surface area contributed by atoms with Crippen LogP contribution in [0.4, 0.5) is 20.4 Å². The average Bonchev–Trinajstić information content (AvgIpc) is 2.66. The summed E-state index contributed by atoms with van der Waals surface area (Å²) in [6.07, 6.45) is -0.303. The molecule has 1 saturated heterocycles. The van der Waals surface area contributed by atoms with Gasteiger partial charge in [-0.2, -0.15) is 12.7 Å². The molecule has 2 aromatic rings. The third-order valence-corrected chi connectivity index (χ3v) is 7.03. The molecule has 0 amide bonds. The van der Waals surface area contributed by atoms with Gasteiger partial charge in [-0.15, -0.1) is 0 Å². The van der Waals surface area contributed by atoms with Gasteiger partial charge >= 0.3 is 10.2 Å². The lowest BCUT2D eigenvalue weighted by Gasteiger charge is -2.29. The lowest BCUT2D eigenvalue weighted by Crippen LogP contribution is -2.45. The maximum absolute atomic E-state index is 13.9. The Bertz CT molecular complexity index is 1020. The van der Waals surface area contributed by atoms with Crippen molar-refractivity contribution in [3.8, 4) is 0 Å². The number of nitrogens with one attached hydrogen (secondary N) is 2. The molecule has 1 aromatic carbocycles. The highest BCUT2D eigenvalue weighted by atomic mass is 32.2. The van der Waals surface area contributed by atoms with Crippen molar-refractivity contribution in [2.24, 2.45) is 0 Å². The van der Waals surface area contributed by atoms with Gasteiger partial charge in [0.25, 0.3) is 0 Å². The fourth-order valence-corrected chi connectivity index (χ4v) is 4.70. The first kappa shape index (κ1) is 23.6. The molecule has 3 rings (SSSR count). The quantitative estimate of drug-likeness (QED) is 0.301. The first-order valence-electron chi connectivity index (χ1n) is 9.47. The number of hydrogen-bond acceptors (Lipinski definition) is 8. The summed E-state index contributed by atoms with van der Waals surface area (Å²) >= 11 is 0.991. The van der Waals surface area contributed by atoms with Crippen LogP contribution in [0.5, 0.6) is 0 Å². The molecule has 1 aliphatic heterocycles. The molecule has 1 fully saturated rings. The maximum atomic E-state index is 13.9. The van der Waals surface area contributed by atoms with Crippen LogP contribution in [-0.2, 0) is 16.0 Å². The minimum atomic E-state index is -3.78. The van der Waals surface area contributed by atoms with Crippen LogP contribution in [0.1, 0.15) is 18.9 Å². The zero-order valence-corrected chi connectivity index (χ0v) is 18.3. The zero-order valence-electron chi connectivity index (χ0n) is 16.6. The Hall–Kier alpha value is -2.06. The van der Waals surface area contributed by atoms with Crippen molar-refractivity contribution < 1.29 is 27.4 Å². The lowest BCUT2D eigenvalue weighted by molar-refractivity contribution is 0.0837. The number of halogens is 2. The highest BCUT2D eigenvalue weighted by Gasteiger charge is 2.28. The first-order chi connectivity index (χ1) is 14.7. The number of nitrogens with zero attached hydrogens (tertiary/aromatic N) is 3. The predicted molar refractivity (Wildman–Crippen MR) is 113 cm³/mol. The molecule has 170 valence electrons. The van der Waals surface area contributed by atoms with E-state index in [9.17, 15) is 22.3 Å². The first-order valence-corrected chi connectivity index (χ1v) is 11.9. The van der Waals surface area contributed by atoms with Gasteiger partial charge in [-0.1, -0.05) is 23.9 Å². The fraction of sp³-hybridized carbons (Fsp3) is 0.444. The van der Waals surface area contributed by atoms with E-state index in [1.807, 2.05) is 0 Å². The summed E-state index contributed by atoms with van der Waals surface area (Å²) in [6.45, 7) is 1.95. The van der Waals surface area contributed by atoms with Gasteiger partial charge in [0.05, 0.1) is 18.8 Å². The summed E-state index contributed by atoms with van der Waals surface area (Å²) in [4.78, 5) is 8.42. The van der Waals surface area contributed by atoms with Crippen LogP contribution in [0.15, 0.2) is 29.4 Å². The largest absolute Gasteiger partial charge is 0.394 e. The number of aliphatic hydroxyl groups is 2. The minimum absolute atomic E-state index is 0.0141. The molecule has 1 aromatic heterocycles. The van der Waals surface area contributed by atoms with Crippen LogP contribution in [0.2, 0.25) is 0 Å². The SMILES string of the molecule is C[C@@H](Nc1cc(NS(=O)(=O)N2CCC2)nc(SCc2cccc(F)c2F)n1)C(O)CO. The van der Waals surface area contributed by atoms with E-state index in [0.717, 1.165) is 24.2 Å². The Labute approximate surface area is 183 Å². The van der Waals surface area contributed by atoms with E-state index >= 15 is 0 Å². The highest BCUT2D eigenvalue weighted by Crippen LogP contribution is 2.26. The summed E-state index contributed by atoms with van der Waals surface area (Å²) in [6, 6.07) is 4.59. The second-order valence-corrected chi connectivity index (χ2v) is 9.58. The fourth-order valence-electron chi connectivity index (χ4n) is 2.63. The number of benzene rings is 1. The van der Waals surface area contributed by atoms with E-state index in [-0.39, 0.29) is 28.1 Å². The molecule has 2 heterocycles. The van der Waals surface area contributed by atoms with Crippen molar-refractivity contribution in [2.75, 3.05) is 29.7 Å². The molecule has 1 unspecified atom stereocenters. The lowest BCUT2D eigenvalue weighted by atomic mass is 10.2. The van der Waals surface area contributed by atoms with Gasteiger partial charge in [-0.3, -0.25) is 4.72 Å². The van der Waals surface area contributed by atoms with Gasteiger partial charge in [0, 0.05) is 30.5 Å². The molecule has 0 bridgehead atoms. The van der Waals surface area contributed by atoms with Crippen LogP contribution in [0.25, 0.3) is 0 Å². The third-order valence-electron chi connectivity index (χ3n) is 4.62. The van der Waals surface area contributed by atoms with Crippen molar-refractivity contribution in [1.82, 2.24) is 14.3 Å². The normalized spacial score (nSPS) is 16.4. The average molecular weight is 476 g/mol. The van der Waals surface area contributed by atoms with E-state index in [4.69, 9.17) is 5.11 Å². The van der Waals surface area contributed by atoms with Crippen LogP contribution < -0.4 is 10.0 Å². The molecule has 4 N–H and O–H groups in total. The standard InChI is InChI=1S/C18H23F2N5O4S2/c1-11(14(27)9-26)21-15-8-16(24-31(28,29)25-6-3-7-25)23-18(22-15)30-10-12-4-2-5-13(19)17(12)20/h2,4-5,8,11,14,26-27H,3,6-7,9-10H2,1H3,(H2,21,22,23,24)/t11-,14?/m1/s1. The van der Waals surface area contributed by atoms with Gasteiger partial charge < -0.3 is 15.5 Å². The molecule has 0 aliphatic carbocycles. The van der Waals surface area contributed by atoms with Crippen molar-refractivity contribution in [1.29, 1.82) is 0 Å². The van der Waals surface area contributed by atoms with Crippen LogP contribution in [0, 0.1) is 11.6 Å². The molecule has 9 nitrogen and oxygen atoms in total.